The van der Waals surface area contributed by atoms with E-state index in [1.165, 1.54) is 11.3 Å². The van der Waals surface area contributed by atoms with Crippen molar-refractivity contribution in [1.29, 1.82) is 0 Å². The van der Waals surface area contributed by atoms with Crippen LogP contribution in [-0.2, 0) is 16.0 Å². The van der Waals surface area contributed by atoms with Crippen LogP contribution in [-0.4, -0.2) is 59.7 Å². The monoisotopic (exact) mass is 403 g/mol. The molecule has 2 aromatic rings. The topological polar surface area (TPSA) is 87.7 Å². The summed E-state index contributed by atoms with van der Waals surface area (Å²) in [6.45, 7) is 7.13. The zero-order valence-corrected chi connectivity index (χ0v) is 16.9. The number of carbonyl (C=O) groups excluding carboxylic acids is 2. The first-order valence-electron chi connectivity index (χ1n) is 9.33. The third kappa shape index (κ3) is 5.66. The minimum absolute atomic E-state index is 0.0416. The predicted octanol–water partition coefficient (Wildman–Crippen LogP) is 2.63. The summed E-state index contributed by atoms with van der Waals surface area (Å²) in [7, 11) is 0. The zero-order chi connectivity index (χ0) is 19.9. The smallest absolute Gasteiger partial charge is 0.413 e. The van der Waals surface area contributed by atoms with Gasteiger partial charge in [-0.3, -0.25) is 10.1 Å². The number of ether oxygens (including phenoxy) is 1. The Bertz CT molecular complexity index is 788. The van der Waals surface area contributed by atoms with Gasteiger partial charge in [0.25, 0.3) is 0 Å². The minimum atomic E-state index is -0.522. The molecule has 1 aliphatic rings. The summed E-state index contributed by atoms with van der Waals surface area (Å²) in [5.74, 6) is 1.25. The van der Waals surface area contributed by atoms with E-state index in [4.69, 9.17) is 4.74 Å². The van der Waals surface area contributed by atoms with E-state index in [-0.39, 0.29) is 18.2 Å². The molecule has 2 aromatic heterocycles. The molecule has 0 aliphatic carbocycles. The first-order valence-corrected chi connectivity index (χ1v) is 10.2. The Balaban J connectivity index is 1.45. The average molecular weight is 404 g/mol. The highest BCUT2D eigenvalue weighted by atomic mass is 32.1. The van der Waals surface area contributed by atoms with Crippen molar-refractivity contribution in [3.8, 4) is 0 Å². The van der Waals surface area contributed by atoms with E-state index in [0.29, 0.717) is 30.5 Å². The summed E-state index contributed by atoms with van der Waals surface area (Å²) in [4.78, 5) is 37.0. The van der Waals surface area contributed by atoms with Gasteiger partial charge in [-0.05, 0) is 18.1 Å². The maximum atomic E-state index is 12.6. The van der Waals surface area contributed by atoms with Crippen LogP contribution in [0.15, 0.2) is 29.8 Å². The number of rotatable bonds is 6. The lowest BCUT2D eigenvalue weighted by Gasteiger charge is -2.35. The number of pyridine rings is 1. The minimum Gasteiger partial charge on any atom is -0.449 e. The van der Waals surface area contributed by atoms with Gasteiger partial charge in [0.05, 0.1) is 18.7 Å². The molecule has 1 fully saturated rings. The van der Waals surface area contributed by atoms with Crippen molar-refractivity contribution in [3.63, 3.8) is 0 Å². The molecule has 28 heavy (non-hydrogen) atoms. The Hall–Kier alpha value is -2.68. The third-order valence-corrected chi connectivity index (χ3v) is 5.05. The van der Waals surface area contributed by atoms with Crippen LogP contribution in [0.3, 0.4) is 0 Å². The molecule has 0 unspecified atom stereocenters. The Morgan fingerprint density at radius 2 is 2.04 bits per heavy atom. The normalized spacial score (nSPS) is 14.2. The number of hydrogen-bond donors (Lipinski definition) is 1. The number of nitrogens with one attached hydrogen (secondary N) is 1. The second-order valence-electron chi connectivity index (χ2n) is 6.99. The highest BCUT2D eigenvalue weighted by Gasteiger charge is 2.22. The number of anilines is 2. The van der Waals surface area contributed by atoms with E-state index in [1.54, 1.807) is 11.6 Å². The molecule has 0 bridgehead atoms. The van der Waals surface area contributed by atoms with Crippen LogP contribution < -0.4 is 10.2 Å². The molecule has 3 rings (SSSR count). The lowest BCUT2D eigenvalue weighted by molar-refractivity contribution is -0.130. The van der Waals surface area contributed by atoms with Crippen LogP contribution in [0.1, 0.15) is 19.5 Å². The summed E-state index contributed by atoms with van der Waals surface area (Å²) in [5.41, 5.74) is 0.654. The molecule has 1 aliphatic heterocycles. The second-order valence-corrected chi connectivity index (χ2v) is 7.85. The molecule has 1 saturated heterocycles. The standard InChI is InChI=1S/C19H25N5O3S/c1-14(2)12-27-19(26)22-18-21-15(13-28-18)11-17(25)24-9-7-23(8-10-24)16-5-3-4-6-20-16/h3-6,13-14H,7-12H2,1-2H3,(H,21,22,26). The molecular formula is C19H25N5O3S. The number of aromatic nitrogens is 2. The Morgan fingerprint density at radius 3 is 2.71 bits per heavy atom. The molecule has 0 radical (unpaired) electrons. The van der Waals surface area contributed by atoms with E-state index < -0.39 is 6.09 Å². The Labute approximate surface area is 168 Å². The first kappa shape index (κ1) is 20.1. The molecular weight excluding hydrogens is 378 g/mol. The lowest BCUT2D eigenvalue weighted by atomic mass is 10.2. The summed E-state index contributed by atoms with van der Waals surface area (Å²) >= 11 is 1.29. The van der Waals surface area contributed by atoms with Crippen molar-refractivity contribution in [2.24, 2.45) is 5.92 Å². The van der Waals surface area contributed by atoms with Crippen LogP contribution in [0.2, 0.25) is 0 Å². The van der Waals surface area contributed by atoms with Gasteiger partial charge in [-0.25, -0.2) is 14.8 Å². The van der Waals surface area contributed by atoms with Gasteiger partial charge in [-0.15, -0.1) is 11.3 Å². The zero-order valence-electron chi connectivity index (χ0n) is 16.1. The summed E-state index contributed by atoms with van der Waals surface area (Å²) in [6.07, 6.45) is 1.48. The Kier molecular flexibility index (Phi) is 6.80. The number of thiazole rings is 1. The van der Waals surface area contributed by atoms with Gasteiger partial charge in [0, 0.05) is 37.8 Å². The van der Waals surface area contributed by atoms with Crippen LogP contribution in [0.5, 0.6) is 0 Å². The van der Waals surface area contributed by atoms with Crippen molar-refractivity contribution >= 4 is 34.3 Å². The van der Waals surface area contributed by atoms with E-state index >= 15 is 0 Å². The van der Waals surface area contributed by atoms with E-state index in [0.717, 1.165) is 18.9 Å². The maximum Gasteiger partial charge on any atom is 0.413 e. The average Bonchev–Trinajstić information content (AvgIpc) is 3.14. The highest BCUT2D eigenvalue weighted by molar-refractivity contribution is 7.13. The maximum absolute atomic E-state index is 12.6. The molecule has 1 N–H and O–H groups in total. The lowest BCUT2D eigenvalue weighted by Crippen LogP contribution is -2.49. The van der Waals surface area contributed by atoms with Gasteiger partial charge >= 0.3 is 6.09 Å². The van der Waals surface area contributed by atoms with Crippen molar-refractivity contribution < 1.29 is 14.3 Å². The number of nitrogens with zero attached hydrogens (tertiary/aromatic N) is 4. The second kappa shape index (κ2) is 9.50. The molecule has 0 spiro atoms. The highest BCUT2D eigenvalue weighted by Crippen LogP contribution is 2.18. The third-order valence-electron chi connectivity index (χ3n) is 4.25. The fraction of sp³-hybridized carbons (Fsp3) is 0.474. The van der Waals surface area contributed by atoms with Crippen molar-refractivity contribution in [2.75, 3.05) is 43.0 Å². The van der Waals surface area contributed by atoms with Gasteiger partial charge in [0.15, 0.2) is 5.13 Å². The van der Waals surface area contributed by atoms with Crippen LogP contribution in [0.25, 0.3) is 0 Å². The van der Waals surface area contributed by atoms with Crippen molar-refractivity contribution in [3.05, 3.63) is 35.5 Å². The number of carbonyl (C=O) groups is 2. The van der Waals surface area contributed by atoms with Gasteiger partial charge < -0.3 is 14.5 Å². The van der Waals surface area contributed by atoms with Gasteiger partial charge in [0.1, 0.15) is 5.82 Å². The van der Waals surface area contributed by atoms with Crippen LogP contribution in [0, 0.1) is 5.92 Å². The van der Waals surface area contributed by atoms with E-state index in [9.17, 15) is 9.59 Å². The first-order chi connectivity index (χ1) is 13.5. The Morgan fingerprint density at radius 1 is 1.25 bits per heavy atom. The largest absolute Gasteiger partial charge is 0.449 e. The molecule has 3 heterocycles. The number of piperazine rings is 1. The van der Waals surface area contributed by atoms with E-state index in [2.05, 4.69) is 20.2 Å². The number of hydrogen-bond acceptors (Lipinski definition) is 7. The van der Waals surface area contributed by atoms with Crippen LogP contribution in [0.4, 0.5) is 15.7 Å². The molecule has 0 aromatic carbocycles. The van der Waals surface area contributed by atoms with E-state index in [1.807, 2.05) is 36.9 Å². The summed E-state index contributed by atoms with van der Waals surface area (Å²) in [6, 6.07) is 5.84. The molecule has 0 saturated carbocycles. The van der Waals surface area contributed by atoms with Gasteiger partial charge in [-0.2, -0.15) is 0 Å². The molecule has 0 atom stereocenters. The predicted molar refractivity (Wildman–Crippen MR) is 109 cm³/mol. The summed E-state index contributed by atoms with van der Waals surface area (Å²) < 4.78 is 5.07. The SMILES string of the molecule is CC(C)COC(=O)Nc1nc(CC(=O)N2CCN(c3ccccn3)CC2)cs1. The van der Waals surface area contributed by atoms with Crippen molar-refractivity contribution in [2.45, 2.75) is 20.3 Å². The molecule has 150 valence electrons. The molecule has 2 amide bonds. The fourth-order valence-corrected chi connectivity index (χ4v) is 3.50. The quantitative estimate of drug-likeness (QED) is 0.798. The van der Waals surface area contributed by atoms with Crippen LogP contribution >= 0.6 is 11.3 Å². The van der Waals surface area contributed by atoms with Gasteiger partial charge in [0.2, 0.25) is 5.91 Å². The van der Waals surface area contributed by atoms with Crippen molar-refractivity contribution in [1.82, 2.24) is 14.9 Å². The molecule has 9 heteroatoms. The fourth-order valence-electron chi connectivity index (χ4n) is 2.80. The van der Waals surface area contributed by atoms with Gasteiger partial charge in [-0.1, -0.05) is 19.9 Å². The molecule has 8 nitrogen and oxygen atoms in total. The summed E-state index contributed by atoms with van der Waals surface area (Å²) in [5, 5.41) is 4.84. The number of amides is 2.